The van der Waals surface area contributed by atoms with Crippen LogP contribution in [-0.4, -0.2) is 25.8 Å². The van der Waals surface area contributed by atoms with E-state index in [1.807, 2.05) is 6.92 Å². The third-order valence-corrected chi connectivity index (χ3v) is 3.53. The number of nitrogens with zero attached hydrogens (tertiary/aromatic N) is 2. The van der Waals surface area contributed by atoms with Crippen molar-refractivity contribution >= 4 is 39.9 Å². The van der Waals surface area contributed by atoms with Crippen LogP contribution in [0.4, 0.5) is 4.79 Å². The second-order valence-electron chi connectivity index (χ2n) is 3.17. The third-order valence-electron chi connectivity index (χ3n) is 2.15. The topological polar surface area (TPSA) is 40.6 Å². The lowest BCUT2D eigenvalue weighted by atomic mass is 9.97. The van der Waals surface area contributed by atoms with Crippen molar-refractivity contribution in [2.24, 2.45) is 0 Å². The number of urea groups is 1. The summed E-state index contributed by atoms with van der Waals surface area (Å²) >= 11 is 8.54. The van der Waals surface area contributed by atoms with Crippen LogP contribution in [0.2, 0.25) is 0 Å². The summed E-state index contributed by atoms with van der Waals surface area (Å²) in [5.74, 6) is -0.377. The summed E-state index contributed by atoms with van der Waals surface area (Å²) in [4.78, 5) is 22.8. The van der Waals surface area contributed by atoms with Crippen LogP contribution in [0.5, 0.6) is 0 Å². The molecule has 0 aromatic rings. The first-order chi connectivity index (χ1) is 5.95. The summed E-state index contributed by atoms with van der Waals surface area (Å²) in [6.45, 7) is 3.63. The van der Waals surface area contributed by atoms with Crippen LogP contribution in [0.3, 0.4) is 0 Å². The molecular formula is C7H10BrClN2O2. The predicted octanol–water partition coefficient (Wildman–Crippen LogP) is 2.27. The van der Waals surface area contributed by atoms with E-state index in [0.717, 1.165) is 6.42 Å². The smallest absolute Gasteiger partial charge is 0.270 e. The van der Waals surface area contributed by atoms with E-state index in [2.05, 4.69) is 16.1 Å². The maximum Gasteiger partial charge on any atom is 0.352 e. The van der Waals surface area contributed by atoms with E-state index in [0.29, 0.717) is 10.8 Å². The largest absolute Gasteiger partial charge is 0.352 e. The van der Waals surface area contributed by atoms with Gasteiger partial charge in [0.05, 0.1) is 16.1 Å². The molecule has 0 spiro atoms. The van der Waals surface area contributed by atoms with Gasteiger partial charge in [-0.2, -0.15) is 4.42 Å². The fourth-order valence-electron chi connectivity index (χ4n) is 1.36. The molecule has 0 saturated carbocycles. The normalized spacial score (nSPS) is 28.9. The van der Waals surface area contributed by atoms with Crippen LogP contribution in [-0.2, 0) is 4.79 Å². The Bertz CT molecular complexity index is 261. The molecule has 1 saturated heterocycles. The van der Waals surface area contributed by atoms with Gasteiger partial charge in [-0.15, -0.1) is 0 Å². The van der Waals surface area contributed by atoms with E-state index in [1.54, 1.807) is 6.92 Å². The molecule has 1 atom stereocenters. The molecule has 0 aliphatic carbocycles. The minimum Gasteiger partial charge on any atom is -0.270 e. The molecule has 1 aliphatic rings. The minimum atomic E-state index is -0.840. The highest BCUT2D eigenvalue weighted by atomic mass is 79.9. The molecule has 13 heavy (non-hydrogen) atoms. The lowest BCUT2D eigenvalue weighted by molar-refractivity contribution is -0.128. The molecule has 3 amide bonds. The Kier molecular flexibility index (Phi) is 2.87. The molecule has 1 rings (SSSR count). The highest BCUT2D eigenvalue weighted by Gasteiger charge is 2.53. The number of amides is 3. The van der Waals surface area contributed by atoms with Crippen molar-refractivity contribution in [3.05, 3.63) is 0 Å². The first kappa shape index (κ1) is 10.8. The number of carbonyl (C=O) groups is 2. The molecular weight excluding hydrogens is 259 g/mol. The van der Waals surface area contributed by atoms with Gasteiger partial charge in [-0.25, -0.2) is 8.72 Å². The van der Waals surface area contributed by atoms with Crippen LogP contribution >= 0.6 is 27.9 Å². The van der Waals surface area contributed by atoms with Crippen molar-refractivity contribution in [2.75, 3.05) is 0 Å². The molecule has 0 N–H and O–H groups in total. The van der Waals surface area contributed by atoms with Crippen molar-refractivity contribution < 1.29 is 9.59 Å². The van der Waals surface area contributed by atoms with E-state index in [1.165, 1.54) is 3.93 Å². The average Bonchev–Trinajstić information content (AvgIpc) is 2.23. The van der Waals surface area contributed by atoms with Crippen molar-refractivity contribution in [3.8, 4) is 0 Å². The quantitative estimate of drug-likeness (QED) is 0.570. The second kappa shape index (κ2) is 3.46. The molecule has 1 unspecified atom stereocenters. The van der Waals surface area contributed by atoms with E-state index in [4.69, 9.17) is 11.8 Å². The molecule has 1 heterocycles. The van der Waals surface area contributed by atoms with Crippen LogP contribution in [0, 0.1) is 0 Å². The first-order valence-electron chi connectivity index (χ1n) is 3.95. The second-order valence-corrected chi connectivity index (χ2v) is 4.22. The lowest BCUT2D eigenvalue weighted by Gasteiger charge is -2.25. The highest BCUT2D eigenvalue weighted by Crippen LogP contribution is 2.35. The standard InChI is InChI=1S/C7H10BrClN2O2/c1-3-4-7(2)5(12)10(9)6(13)11(7)8/h3-4H2,1-2H3. The van der Waals surface area contributed by atoms with Gasteiger partial charge in [-0.05, 0) is 13.3 Å². The Balaban J connectivity index is 2.98. The Morgan fingerprint density at radius 2 is 2.08 bits per heavy atom. The summed E-state index contributed by atoms with van der Waals surface area (Å²) < 4.78 is 1.82. The van der Waals surface area contributed by atoms with E-state index in [-0.39, 0.29) is 5.91 Å². The van der Waals surface area contributed by atoms with E-state index in [9.17, 15) is 9.59 Å². The molecule has 1 fully saturated rings. The van der Waals surface area contributed by atoms with Crippen molar-refractivity contribution in [3.63, 3.8) is 0 Å². The molecule has 74 valence electrons. The third kappa shape index (κ3) is 1.44. The van der Waals surface area contributed by atoms with Crippen LogP contribution < -0.4 is 0 Å². The van der Waals surface area contributed by atoms with Gasteiger partial charge in [0.15, 0.2) is 0 Å². The van der Waals surface area contributed by atoms with Gasteiger partial charge in [0.1, 0.15) is 5.54 Å². The van der Waals surface area contributed by atoms with Gasteiger partial charge in [0.25, 0.3) is 5.91 Å². The maximum atomic E-state index is 11.5. The average molecular weight is 270 g/mol. The Morgan fingerprint density at radius 1 is 1.54 bits per heavy atom. The minimum absolute atomic E-state index is 0.377. The maximum absolute atomic E-state index is 11.5. The highest BCUT2D eigenvalue weighted by molar-refractivity contribution is 9.07. The summed E-state index contributed by atoms with van der Waals surface area (Å²) in [7, 11) is 0. The zero-order valence-electron chi connectivity index (χ0n) is 7.38. The lowest BCUT2D eigenvalue weighted by Crippen LogP contribution is -2.41. The van der Waals surface area contributed by atoms with Gasteiger partial charge >= 0.3 is 6.03 Å². The number of hydrogen-bond donors (Lipinski definition) is 0. The van der Waals surface area contributed by atoms with Gasteiger partial charge in [0.2, 0.25) is 0 Å². The summed E-state index contributed by atoms with van der Waals surface area (Å²) in [6, 6.07) is -0.525. The SMILES string of the molecule is CCCC1(C)C(=O)N(Cl)C(=O)N1Br. The molecule has 6 heteroatoms. The first-order valence-corrected chi connectivity index (χ1v) is 5.00. The van der Waals surface area contributed by atoms with Crippen molar-refractivity contribution in [1.82, 2.24) is 8.34 Å². The van der Waals surface area contributed by atoms with Crippen molar-refractivity contribution in [1.29, 1.82) is 0 Å². The Labute approximate surface area is 90.3 Å². The van der Waals surface area contributed by atoms with Gasteiger partial charge in [-0.1, -0.05) is 13.3 Å². The summed E-state index contributed by atoms with van der Waals surface area (Å²) in [6.07, 6.45) is 1.40. The Hall–Kier alpha value is -0.290. The van der Waals surface area contributed by atoms with Gasteiger partial charge < -0.3 is 0 Å². The van der Waals surface area contributed by atoms with E-state index >= 15 is 0 Å². The fourth-order valence-corrected chi connectivity index (χ4v) is 2.20. The van der Waals surface area contributed by atoms with Crippen LogP contribution in [0.25, 0.3) is 0 Å². The zero-order chi connectivity index (χ0) is 10.2. The van der Waals surface area contributed by atoms with Gasteiger partial charge in [-0.3, -0.25) is 4.79 Å². The zero-order valence-corrected chi connectivity index (χ0v) is 9.72. The van der Waals surface area contributed by atoms with Crippen LogP contribution in [0.15, 0.2) is 0 Å². The summed E-state index contributed by atoms with van der Waals surface area (Å²) in [5.41, 5.74) is -0.840. The molecule has 4 nitrogen and oxygen atoms in total. The molecule has 0 radical (unpaired) electrons. The number of imide groups is 1. The number of halogens is 2. The Morgan fingerprint density at radius 3 is 2.38 bits per heavy atom. The molecule has 0 aromatic carbocycles. The molecule has 1 aliphatic heterocycles. The molecule has 0 aromatic heterocycles. The number of carbonyl (C=O) groups excluding carboxylic acids is 2. The summed E-state index contributed by atoms with van der Waals surface area (Å²) in [5, 5.41) is 0. The fraction of sp³-hybridized carbons (Fsp3) is 0.714. The predicted molar refractivity (Wildman–Crippen MR) is 52.2 cm³/mol. The number of rotatable bonds is 2. The monoisotopic (exact) mass is 268 g/mol. The van der Waals surface area contributed by atoms with Crippen LogP contribution in [0.1, 0.15) is 26.7 Å². The van der Waals surface area contributed by atoms with E-state index < -0.39 is 11.6 Å². The van der Waals surface area contributed by atoms with Gasteiger partial charge in [0, 0.05) is 11.8 Å². The van der Waals surface area contributed by atoms with Crippen molar-refractivity contribution in [2.45, 2.75) is 32.2 Å². The number of hydrogen-bond acceptors (Lipinski definition) is 2. The molecule has 0 bridgehead atoms.